The Balaban J connectivity index is 2.86. The third kappa shape index (κ3) is 1.67. The molecule has 0 atom stereocenters. The lowest BCUT2D eigenvalue weighted by atomic mass is 10.5. The van der Waals surface area contributed by atoms with Crippen LogP contribution in [0.1, 0.15) is 0 Å². The van der Waals surface area contributed by atoms with E-state index in [2.05, 4.69) is 9.98 Å². The monoisotopic (exact) mass is 131 g/mol. The summed E-state index contributed by atoms with van der Waals surface area (Å²) in [6.45, 7) is 0. The molecule has 0 saturated heterocycles. The van der Waals surface area contributed by atoms with E-state index in [1.54, 1.807) is 18.2 Å². The summed E-state index contributed by atoms with van der Waals surface area (Å²) in [6.07, 6.45) is 8.34. The summed E-state index contributed by atoms with van der Waals surface area (Å²) in [6, 6.07) is 1.84. The SMILES string of the molecule is N#CC1=N/C=C\C=C/C=N1. The number of nitriles is 1. The maximum Gasteiger partial charge on any atom is 0.232 e. The van der Waals surface area contributed by atoms with Crippen molar-refractivity contribution in [1.29, 1.82) is 5.26 Å². The Kier molecular flexibility index (Phi) is 2.16. The van der Waals surface area contributed by atoms with Gasteiger partial charge in [0.15, 0.2) is 0 Å². The molecule has 1 heterocycles. The number of hydrogen-bond acceptors (Lipinski definition) is 3. The van der Waals surface area contributed by atoms with Gasteiger partial charge in [-0.3, -0.25) is 0 Å². The first kappa shape index (κ1) is 6.43. The van der Waals surface area contributed by atoms with Gasteiger partial charge in [0.1, 0.15) is 6.07 Å². The van der Waals surface area contributed by atoms with Gasteiger partial charge in [0.05, 0.1) is 0 Å². The van der Waals surface area contributed by atoms with Crippen LogP contribution < -0.4 is 0 Å². The van der Waals surface area contributed by atoms with Gasteiger partial charge in [-0.25, -0.2) is 9.98 Å². The van der Waals surface area contributed by atoms with Crippen molar-refractivity contribution in [3.8, 4) is 6.07 Å². The molecular formula is C7H5N3. The molecule has 0 radical (unpaired) electrons. The molecular weight excluding hydrogens is 126 g/mol. The Morgan fingerprint density at radius 1 is 1.30 bits per heavy atom. The van der Waals surface area contributed by atoms with E-state index in [1.165, 1.54) is 12.4 Å². The molecule has 1 aliphatic heterocycles. The maximum absolute atomic E-state index is 8.36. The summed E-state index contributed by atoms with van der Waals surface area (Å²) in [5.41, 5.74) is 0. The number of allylic oxidation sites excluding steroid dienone is 3. The molecule has 1 aliphatic rings. The Bertz CT molecular complexity index is 263. The van der Waals surface area contributed by atoms with E-state index >= 15 is 0 Å². The third-order valence-electron chi connectivity index (χ3n) is 0.888. The summed E-state index contributed by atoms with van der Waals surface area (Å²) in [7, 11) is 0. The topological polar surface area (TPSA) is 48.5 Å². The Morgan fingerprint density at radius 2 is 2.20 bits per heavy atom. The molecule has 0 fully saturated rings. The van der Waals surface area contributed by atoms with E-state index in [0.717, 1.165) is 0 Å². The Hall–Kier alpha value is -1.69. The van der Waals surface area contributed by atoms with Crippen molar-refractivity contribution in [2.24, 2.45) is 9.98 Å². The van der Waals surface area contributed by atoms with Gasteiger partial charge in [0, 0.05) is 12.4 Å². The lowest BCUT2D eigenvalue weighted by molar-refractivity contribution is 1.47. The van der Waals surface area contributed by atoms with Crippen molar-refractivity contribution >= 4 is 12.1 Å². The van der Waals surface area contributed by atoms with Crippen molar-refractivity contribution in [2.45, 2.75) is 0 Å². The minimum Gasteiger partial charge on any atom is -0.228 e. The number of hydrogen-bond donors (Lipinski definition) is 0. The summed E-state index contributed by atoms with van der Waals surface area (Å²) in [5.74, 6) is 0.181. The first-order valence-electron chi connectivity index (χ1n) is 2.77. The minimum absolute atomic E-state index is 0.181. The number of amidine groups is 1. The van der Waals surface area contributed by atoms with Crippen LogP contribution in [0.3, 0.4) is 0 Å². The van der Waals surface area contributed by atoms with Gasteiger partial charge in [-0.1, -0.05) is 6.08 Å². The van der Waals surface area contributed by atoms with E-state index in [0.29, 0.717) is 0 Å². The van der Waals surface area contributed by atoms with Crippen LogP contribution in [0.15, 0.2) is 34.4 Å². The van der Waals surface area contributed by atoms with Crippen LogP contribution in [-0.4, -0.2) is 12.1 Å². The fraction of sp³-hybridized carbons (Fsp3) is 0. The van der Waals surface area contributed by atoms with Crippen LogP contribution in [0, 0.1) is 11.3 Å². The summed E-state index contributed by atoms with van der Waals surface area (Å²) in [4.78, 5) is 7.46. The fourth-order valence-electron chi connectivity index (χ4n) is 0.482. The van der Waals surface area contributed by atoms with Crippen LogP contribution in [0.2, 0.25) is 0 Å². The molecule has 0 aromatic carbocycles. The van der Waals surface area contributed by atoms with Gasteiger partial charge in [0.25, 0.3) is 0 Å². The Labute approximate surface area is 58.7 Å². The van der Waals surface area contributed by atoms with Crippen molar-refractivity contribution in [2.75, 3.05) is 0 Å². The highest BCUT2D eigenvalue weighted by Gasteiger charge is 1.87. The second-order valence-electron chi connectivity index (χ2n) is 1.57. The van der Waals surface area contributed by atoms with Crippen LogP contribution in [0.5, 0.6) is 0 Å². The summed E-state index contributed by atoms with van der Waals surface area (Å²) in [5, 5.41) is 8.36. The fourth-order valence-corrected chi connectivity index (χ4v) is 0.482. The van der Waals surface area contributed by atoms with E-state index in [9.17, 15) is 0 Å². The highest BCUT2D eigenvalue weighted by atomic mass is 14.9. The van der Waals surface area contributed by atoms with Gasteiger partial charge in [-0.15, -0.1) is 0 Å². The van der Waals surface area contributed by atoms with Gasteiger partial charge >= 0.3 is 0 Å². The highest BCUT2D eigenvalue weighted by molar-refractivity contribution is 6.03. The van der Waals surface area contributed by atoms with E-state index < -0.39 is 0 Å². The molecule has 0 bridgehead atoms. The molecule has 0 aromatic heterocycles. The van der Waals surface area contributed by atoms with E-state index in [4.69, 9.17) is 5.26 Å². The molecule has 48 valence electrons. The molecule has 0 unspecified atom stereocenters. The molecule has 0 aliphatic carbocycles. The van der Waals surface area contributed by atoms with Gasteiger partial charge in [-0.05, 0) is 12.2 Å². The first-order valence-corrected chi connectivity index (χ1v) is 2.77. The van der Waals surface area contributed by atoms with Crippen LogP contribution in [0.4, 0.5) is 0 Å². The maximum atomic E-state index is 8.36. The largest absolute Gasteiger partial charge is 0.232 e. The molecule has 10 heavy (non-hydrogen) atoms. The standard InChI is InChI=1S/C7H5N3/c8-6-7-9-4-2-1-3-5-10-7/h1-5H/b2-1-,3-1?,4-2?,5-3-,9-4?,9-7?,10-5?,10-7?. The van der Waals surface area contributed by atoms with Crippen molar-refractivity contribution in [1.82, 2.24) is 0 Å². The predicted octanol–water partition coefficient (Wildman–Crippen LogP) is 1.06. The molecule has 3 nitrogen and oxygen atoms in total. The first-order chi connectivity index (χ1) is 4.93. The minimum atomic E-state index is 0.181. The van der Waals surface area contributed by atoms with Crippen molar-refractivity contribution in [3.05, 3.63) is 24.4 Å². The number of rotatable bonds is 0. The van der Waals surface area contributed by atoms with Gasteiger partial charge in [0.2, 0.25) is 5.84 Å². The van der Waals surface area contributed by atoms with Gasteiger partial charge < -0.3 is 0 Å². The van der Waals surface area contributed by atoms with Crippen LogP contribution in [-0.2, 0) is 0 Å². The molecule has 1 rings (SSSR count). The average Bonchev–Trinajstić information content (AvgIpc) is 1.87. The lowest BCUT2D eigenvalue weighted by Gasteiger charge is -1.84. The zero-order chi connectivity index (χ0) is 7.23. The smallest absolute Gasteiger partial charge is 0.228 e. The molecule has 0 aromatic rings. The second kappa shape index (κ2) is 3.36. The molecule has 3 heteroatoms. The molecule has 0 spiro atoms. The van der Waals surface area contributed by atoms with Crippen molar-refractivity contribution in [3.63, 3.8) is 0 Å². The van der Waals surface area contributed by atoms with Crippen LogP contribution >= 0.6 is 0 Å². The van der Waals surface area contributed by atoms with Gasteiger partial charge in [-0.2, -0.15) is 5.26 Å². The number of nitrogens with zero attached hydrogens (tertiary/aromatic N) is 3. The predicted molar refractivity (Wildman–Crippen MR) is 39.8 cm³/mol. The quantitative estimate of drug-likeness (QED) is 0.485. The Morgan fingerprint density at radius 3 is 3.00 bits per heavy atom. The lowest BCUT2D eigenvalue weighted by Crippen LogP contribution is -1.87. The molecule has 0 saturated carbocycles. The normalized spacial score (nSPS) is 21.7. The summed E-state index contributed by atoms with van der Waals surface area (Å²) < 4.78 is 0. The number of aliphatic imine (C=N–C) groups is 2. The average molecular weight is 131 g/mol. The third-order valence-corrected chi connectivity index (χ3v) is 0.888. The van der Waals surface area contributed by atoms with E-state index in [-0.39, 0.29) is 5.84 Å². The van der Waals surface area contributed by atoms with E-state index in [1.807, 2.05) is 6.07 Å². The summed E-state index contributed by atoms with van der Waals surface area (Å²) >= 11 is 0. The van der Waals surface area contributed by atoms with Crippen molar-refractivity contribution < 1.29 is 0 Å². The zero-order valence-corrected chi connectivity index (χ0v) is 5.23. The van der Waals surface area contributed by atoms with Crippen LogP contribution in [0.25, 0.3) is 0 Å². The highest BCUT2D eigenvalue weighted by Crippen LogP contribution is 1.86. The zero-order valence-electron chi connectivity index (χ0n) is 5.23. The molecule has 0 N–H and O–H groups in total. The molecule has 0 amide bonds. The second-order valence-corrected chi connectivity index (χ2v) is 1.57.